The molecule has 3 aromatic heterocycles. The van der Waals surface area contributed by atoms with Gasteiger partial charge in [-0.25, -0.2) is 4.98 Å². The first kappa shape index (κ1) is 15.8. The minimum Gasteiger partial charge on any atom is -0.341 e. The average molecular weight is 379 g/mol. The molecule has 0 saturated carbocycles. The standard InChI is InChI=1S/C17H13N7O2S/c1-22-13-4-2-3-5-14(13)23-16(22)20-21-17(23)27-9-15-18-11-7-6-10(24(25)26)8-12(11)19-15/h2-8H,9H2,1H3,(H,18,19). The Balaban J connectivity index is 1.49. The number of thioether (sulfide) groups is 1. The zero-order valence-corrected chi connectivity index (χ0v) is 15.0. The minimum atomic E-state index is -0.415. The van der Waals surface area contributed by atoms with E-state index in [-0.39, 0.29) is 5.69 Å². The topological polar surface area (TPSA) is 107 Å². The summed E-state index contributed by atoms with van der Waals surface area (Å²) in [4.78, 5) is 18.1. The Bertz CT molecular complexity index is 1330. The molecule has 5 aromatic rings. The van der Waals surface area contributed by atoms with Crippen molar-refractivity contribution in [1.29, 1.82) is 0 Å². The molecule has 0 aliphatic rings. The fourth-order valence-corrected chi connectivity index (χ4v) is 4.00. The number of rotatable bonds is 4. The third-order valence-corrected chi connectivity index (χ3v) is 5.40. The molecule has 0 spiro atoms. The lowest BCUT2D eigenvalue weighted by Crippen LogP contribution is -1.89. The molecular formula is C17H13N7O2S. The van der Waals surface area contributed by atoms with Gasteiger partial charge >= 0.3 is 0 Å². The second kappa shape index (κ2) is 5.81. The predicted octanol–water partition coefficient (Wildman–Crippen LogP) is 3.30. The second-order valence-electron chi connectivity index (χ2n) is 6.10. The van der Waals surface area contributed by atoms with Gasteiger partial charge in [-0.2, -0.15) is 0 Å². The molecule has 134 valence electrons. The Kier molecular flexibility index (Phi) is 3.41. The number of hydrogen-bond acceptors (Lipinski definition) is 6. The number of nitrogens with one attached hydrogen (secondary N) is 1. The number of aromatic nitrogens is 6. The third-order valence-electron chi connectivity index (χ3n) is 4.46. The van der Waals surface area contributed by atoms with Gasteiger partial charge in [0.25, 0.3) is 5.69 Å². The lowest BCUT2D eigenvalue weighted by Gasteiger charge is -1.97. The van der Waals surface area contributed by atoms with E-state index in [9.17, 15) is 10.1 Å². The highest BCUT2D eigenvalue weighted by Crippen LogP contribution is 2.27. The van der Waals surface area contributed by atoms with Crippen molar-refractivity contribution in [2.24, 2.45) is 7.05 Å². The van der Waals surface area contributed by atoms with E-state index in [0.29, 0.717) is 16.8 Å². The fourth-order valence-electron chi connectivity index (χ4n) is 3.19. The number of nitro groups is 1. The van der Waals surface area contributed by atoms with Crippen molar-refractivity contribution in [1.82, 2.24) is 29.1 Å². The van der Waals surface area contributed by atoms with E-state index in [1.54, 1.807) is 6.07 Å². The van der Waals surface area contributed by atoms with Crippen LogP contribution in [0.3, 0.4) is 0 Å². The Morgan fingerprint density at radius 2 is 2.00 bits per heavy atom. The van der Waals surface area contributed by atoms with Crippen LogP contribution in [0.1, 0.15) is 5.82 Å². The maximum absolute atomic E-state index is 10.9. The molecule has 0 fully saturated rings. The Hall–Kier alpha value is -3.40. The van der Waals surface area contributed by atoms with Crippen LogP contribution in [0.2, 0.25) is 0 Å². The van der Waals surface area contributed by atoms with Gasteiger partial charge in [-0.1, -0.05) is 23.9 Å². The van der Waals surface area contributed by atoms with Crippen LogP contribution in [0.4, 0.5) is 5.69 Å². The zero-order valence-electron chi connectivity index (χ0n) is 14.2. The number of benzene rings is 2. The number of aryl methyl sites for hydroxylation is 1. The Morgan fingerprint density at radius 1 is 1.19 bits per heavy atom. The molecule has 10 heteroatoms. The number of aromatic amines is 1. The van der Waals surface area contributed by atoms with Crippen molar-refractivity contribution in [3.8, 4) is 0 Å². The molecule has 0 amide bonds. The molecule has 27 heavy (non-hydrogen) atoms. The molecule has 5 rings (SSSR count). The van der Waals surface area contributed by atoms with Gasteiger partial charge in [-0.15, -0.1) is 10.2 Å². The molecule has 1 N–H and O–H groups in total. The Labute approximate surface area is 156 Å². The highest BCUT2D eigenvalue weighted by atomic mass is 32.2. The van der Waals surface area contributed by atoms with Crippen molar-refractivity contribution in [3.63, 3.8) is 0 Å². The first-order valence-corrected chi connectivity index (χ1v) is 9.15. The van der Waals surface area contributed by atoms with Gasteiger partial charge in [0.2, 0.25) is 5.78 Å². The van der Waals surface area contributed by atoms with E-state index in [1.807, 2.05) is 40.3 Å². The van der Waals surface area contributed by atoms with Gasteiger partial charge in [-0.3, -0.25) is 14.5 Å². The van der Waals surface area contributed by atoms with E-state index in [2.05, 4.69) is 20.2 Å². The van der Waals surface area contributed by atoms with Gasteiger partial charge in [0.05, 0.1) is 32.7 Å². The van der Waals surface area contributed by atoms with Crippen LogP contribution in [0, 0.1) is 10.1 Å². The molecule has 0 aliphatic carbocycles. The van der Waals surface area contributed by atoms with Gasteiger partial charge in [0, 0.05) is 19.2 Å². The van der Waals surface area contributed by atoms with E-state index in [4.69, 9.17) is 0 Å². The van der Waals surface area contributed by atoms with E-state index in [0.717, 1.165) is 27.8 Å². The van der Waals surface area contributed by atoms with Crippen LogP contribution >= 0.6 is 11.8 Å². The summed E-state index contributed by atoms with van der Waals surface area (Å²) in [6.07, 6.45) is 0. The lowest BCUT2D eigenvalue weighted by molar-refractivity contribution is -0.384. The van der Waals surface area contributed by atoms with Crippen molar-refractivity contribution >= 4 is 45.3 Å². The van der Waals surface area contributed by atoms with Crippen molar-refractivity contribution < 1.29 is 4.92 Å². The summed E-state index contributed by atoms with van der Waals surface area (Å²) in [6.45, 7) is 0. The number of H-pyrrole nitrogens is 1. The number of fused-ring (bicyclic) bond motifs is 4. The SMILES string of the molecule is Cn1c2ccccc2n2c(SCc3nc4ccc([N+](=O)[O-])cc4[nH]3)nnc12. The number of imidazole rings is 2. The van der Waals surface area contributed by atoms with E-state index >= 15 is 0 Å². The first-order valence-electron chi connectivity index (χ1n) is 8.16. The van der Waals surface area contributed by atoms with Crippen LogP contribution in [-0.4, -0.2) is 34.1 Å². The summed E-state index contributed by atoms with van der Waals surface area (Å²) in [5.74, 6) is 2.05. The number of nitrogens with zero attached hydrogens (tertiary/aromatic N) is 6. The predicted molar refractivity (Wildman–Crippen MR) is 102 cm³/mol. The van der Waals surface area contributed by atoms with Gasteiger partial charge in [0.1, 0.15) is 5.82 Å². The molecule has 0 radical (unpaired) electrons. The second-order valence-corrected chi connectivity index (χ2v) is 7.04. The summed E-state index contributed by atoms with van der Waals surface area (Å²) in [5.41, 5.74) is 3.52. The molecule has 3 heterocycles. The molecule has 2 aromatic carbocycles. The number of nitro benzene ring substituents is 1. The number of hydrogen-bond donors (Lipinski definition) is 1. The summed E-state index contributed by atoms with van der Waals surface area (Å²) in [6, 6.07) is 12.7. The van der Waals surface area contributed by atoms with Crippen LogP contribution in [0.5, 0.6) is 0 Å². The van der Waals surface area contributed by atoms with Crippen molar-refractivity contribution in [2.45, 2.75) is 10.9 Å². The summed E-state index contributed by atoms with van der Waals surface area (Å²) in [5, 5.41) is 20.3. The van der Waals surface area contributed by atoms with Crippen molar-refractivity contribution in [2.75, 3.05) is 0 Å². The maximum Gasteiger partial charge on any atom is 0.271 e. The molecule has 0 bridgehead atoms. The quantitative estimate of drug-likeness (QED) is 0.292. The van der Waals surface area contributed by atoms with Crippen LogP contribution in [0.25, 0.3) is 27.8 Å². The molecule has 0 aliphatic heterocycles. The van der Waals surface area contributed by atoms with E-state index < -0.39 is 4.92 Å². The molecule has 0 saturated heterocycles. The zero-order chi connectivity index (χ0) is 18.5. The van der Waals surface area contributed by atoms with Gasteiger partial charge in [-0.05, 0) is 18.2 Å². The third kappa shape index (κ3) is 2.45. The number of para-hydroxylation sites is 2. The fraction of sp³-hybridized carbons (Fsp3) is 0.118. The van der Waals surface area contributed by atoms with E-state index in [1.165, 1.54) is 23.9 Å². The summed E-state index contributed by atoms with van der Waals surface area (Å²) in [7, 11) is 1.97. The minimum absolute atomic E-state index is 0.0419. The average Bonchev–Trinajstić information content (AvgIpc) is 3.34. The van der Waals surface area contributed by atoms with Crippen LogP contribution in [0.15, 0.2) is 47.6 Å². The van der Waals surface area contributed by atoms with Crippen molar-refractivity contribution in [3.05, 3.63) is 58.4 Å². The molecular weight excluding hydrogens is 366 g/mol. The van der Waals surface area contributed by atoms with Crippen LogP contribution in [-0.2, 0) is 12.8 Å². The first-order chi connectivity index (χ1) is 13.1. The highest BCUT2D eigenvalue weighted by Gasteiger charge is 2.16. The lowest BCUT2D eigenvalue weighted by atomic mass is 10.3. The monoisotopic (exact) mass is 379 g/mol. The van der Waals surface area contributed by atoms with Gasteiger partial charge < -0.3 is 9.55 Å². The normalized spacial score (nSPS) is 11.7. The van der Waals surface area contributed by atoms with Crippen LogP contribution < -0.4 is 0 Å². The molecule has 9 nitrogen and oxygen atoms in total. The maximum atomic E-state index is 10.9. The highest BCUT2D eigenvalue weighted by molar-refractivity contribution is 7.98. The van der Waals surface area contributed by atoms with Gasteiger partial charge in [0.15, 0.2) is 5.16 Å². The summed E-state index contributed by atoms with van der Waals surface area (Å²) < 4.78 is 4.03. The summed E-state index contributed by atoms with van der Waals surface area (Å²) >= 11 is 1.51. The smallest absolute Gasteiger partial charge is 0.271 e. The number of non-ortho nitro benzene ring substituents is 1. The molecule has 0 unspecified atom stereocenters. The largest absolute Gasteiger partial charge is 0.341 e. The Morgan fingerprint density at radius 3 is 2.81 bits per heavy atom. The molecule has 0 atom stereocenters.